The third-order valence-electron chi connectivity index (χ3n) is 7.00. The molecule has 1 saturated heterocycles. The molecule has 1 spiro atoms. The minimum Gasteiger partial charge on any atom is -0.497 e. The van der Waals surface area contributed by atoms with Crippen molar-refractivity contribution in [3.05, 3.63) is 29.8 Å². The van der Waals surface area contributed by atoms with Crippen LogP contribution < -0.4 is 4.74 Å². The van der Waals surface area contributed by atoms with Crippen molar-refractivity contribution in [1.82, 2.24) is 0 Å². The Bertz CT molecular complexity index is 736. The number of aliphatic carboxylic acids is 1. The molecular formula is C21H26O6. The van der Waals surface area contributed by atoms with Crippen LogP contribution in [0, 0.1) is 17.8 Å². The van der Waals surface area contributed by atoms with Gasteiger partial charge in [-0.15, -0.1) is 0 Å². The summed E-state index contributed by atoms with van der Waals surface area (Å²) in [5.74, 6) is -2.07. The summed E-state index contributed by atoms with van der Waals surface area (Å²) in [6.45, 7) is 3.22. The zero-order valence-corrected chi connectivity index (χ0v) is 15.8. The third-order valence-corrected chi connectivity index (χ3v) is 7.00. The standard InChI is InChI=1S/C21H26O6/c1-13-17-8-7-16(19(23)24)18(22)20(17,9-10-21(13)26-11-12-27-21)14-3-5-15(25-2)6-4-14/h3-6,13,16-17H,7-12H2,1-2H3,(H,23,24)/t13-,16?,17-,20+/m0/s1. The van der Waals surface area contributed by atoms with Crippen molar-refractivity contribution < 1.29 is 28.9 Å². The predicted octanol–water partition coefficient (Wildman–Crippen LogP) is 2.79. The lowest BCUT2D eigenvalue weighted by Gasteiger charge is -2.55. The van der Waals surface area contributed by atoms with Crippen LogP contribution in [-0.4, -0.2) is 43.0 Å². The zero-order chi connectivity index (χ0) is 19.2. The second kappa shape index (κ2) is 6.60. The van der Waals surface area contributed by atoms with Gasteiger partial charge in [-0.2, -0.15) is 0 Å². The first-order chi connectivity index (χ1) is 12.9. The maximum Gasteiger partial charge on any atom is 0.314 e. The number of carbonyl (C=O) groups is 2. The lowest BCUT2D eigenvalue weighted by atomic mass is 9.50. The van der Waals surface area contributed by atoms with Gasteiger partial charge in [-0.3, -0.25) is 9.59 Å². The van der Waals surface area contributed by atoms with Crippen molar-refractivity contribution in [2.24, 2.45) is 17.8 Å². The summed E-state index contributed by atoms with van der Waals surface area (Å²) in [5.41, 5.74) is 0.0667. The van der Waals surface area contributed by atoms with Crippen LogP contribution in [0.2, 0.25) is 0 Å². The fraction of sp³-hybridized carbons (Fsp3) is 0.619. The molecule has 3 aliphatic rings. The second-order valence-corrected chi connectivity index (χ2v) is 7.94. The van der Waals surface area contributed by atoms with E-state index in [4.69, 9.17) is 14.2 Å². The van der Waals surface area contributed by atoms with Gasteiger partial charge < -0.3 is 19.3 Å². The Labute approximate surface area is 158 Å². The van der Waals surface area contributed by atoms with Crippen LogP contribution in [0.4, 0.5) is 0 Å². The van der Waals surface area contributed by atoms with E-state index >= 15 is 0 Å². The third kappa shape index (κ3) is 2.61. The minimum absolute atomic E-state index is 0.00884. The number of carboxylic acid groups (broad SMARTS) is 1. The van der Waals surface area contributed by atoms with Crippen molar-refractivity contribution in [3.8, 4) is 5.75 Å². The molecule has 0 radical (unpaired) electrons. The molecule has 0 amide bonds. The number of hydrogen-bond donors (Lipinski definition) is 1. The van der Waals surface area contributed by atoms with E-state index in [1.54, 1.807) is 7.11 Å². The van der Waals surface area contributed by atoms with Crippen LogP contribution in [0.5, 0.6) is 5.75 Å². The molecule has 1 heterocycles. The number of Topliss-reactive ketones (excluding diaryl/α,β-unsaturated/α-hetero) is 1. The highest BCUT2D eigenvalue weighted by molar-refractivity contribution is 6.05. The fourth-order valence-electron chi connectivity index (χ4n) is 5.61. The first-order valence-electron chi connectivity index (χ1n) is 9.64. The number of ether oxygens (including phenoxy) is 3. The van der Waals surface area contributed by atoms with Crippen LogP contribution in [-0.2, 0) is 24.5 Å². The summed E-state index contributed by atoms with van der Waals surface area (Å²) < 4.78 is 17.3. The molecule has 27 heavy (non-hydrogen) atoms. The highest BCUT2D eigenvalue weighted by Crippen LogP contribution is 2.58. The molecule has 4 atom stereocenters. The first kappa shape index (κ1) is 18.4. The molecule has 6 nitrogen and oxygen atoms in total. The summed E-state index contributed by atoms with van der Waals surface area (Å²) >= 11 is 0. The van der Waals surface area contributed by atoms with E-state index in [0.717, 1.165) is 5.56 Å². The maximum atomic E-state index is 13.5. The van der Waals surface area contributed by atoms with E-state index in [1.165, 1.54) is 0 Å². The van der Waals surface area contributed by atoms with Gasteiger partial charge in [-0.1, -0.05) is 19.1 Å². The highest BCUT2D eigenvalue weighted by atomic mass is 16.7. The number of carbonyl (C=O) groups excluding carboxylic acids is 1. The van der Waals surface area contributed by atoms with E-state index in [-0.39, 0.29) is 17.6 Å². The topological polar surface area (TPSA) is 82.1 Å². The molecule has 6 heteroatoms. The summed E-state index contributed by atoms with van der Waals surface area (Å²) in [6, 6.07) is 7.51. The van der Waals surface area contributed by atoms with E-state index in [2.05, 4.69) is 6.92 Å². The van der Waals surface area contributed by atoms with Crippen molar-refractivity contribution in [1.29, 1.82) is 0 Å². The quantitative estimate of drug-likeness (QED) is 0.820. The number of benzene rings is 1. The average Bonchev–Trinajstić information content (AvgIpc) is 3.15. The normalized spacial score (nSPS) is 35.0. The Morgan fingerprint density at radius 2 is 1.81 bits per heavy atom. The average molecular weight is 374 g/mol. The van der Waals surface area contributed by atoms with Crippen LogP contribution in [0.15, 0.2) is 24.3 Å². The van der Waals surface area contributed by atoms with E-state index < -0.39 is 23.1 Å². The Hall–Kier alpha value is -1.92. The van der Waals surface area contributed by atoms with Crippen LogP contribution in [0.3, 0.4) is 0 Å². The molecule has 2 saturated carbocycles. The van der Waals surface area contributed by atoms with E-state index in [0.29, 0.717) is 44.6 Å². The van der Waals surface area contributed by atoms with Gasteiger partial charge in [0.2, 0.25) is 0 Å². The molecule has 4 rings (SSSR count). The highest BCUT2D eigenvalue weighted by Gasteiger charge is 2.63. The first-order valence-corrected chi connectivity index (χ1v) is 9.64. The minimum atomic E-state index is -1.02. The number of fused-ring (bicyclic) bond motifs is 1. The molecular weight excluding hydrogens is 348 g/mol. The molecule has 1 unspecified atom stereocenters. The number of carboxylic acids is 1. The van der Waals surface area contributed by atoms with E-state index in [1.807, 2.05) is 24.3 Å². The van der Waals surface area contributed by atoms with Crippen molar-refractivity contribution >= 4 is 11.8 Å². The van der Waals surface area contributed by atoms with Crippen molar-refractivity contribution in [2.75, 3.05) is 20.3 Å². The van der Waals surface area contributed by atoms with Gasteiger partial charge in [0.15, 0.2) is 11.6 Å². The lowest BCUT2D eigenvalue weighted by Crippen LogP contribution is -2.61. The molecule has 3 fully saturated rings. The van der Waals surface area contributed by atoms with Crippen LogP contribution in [0.25, 0.3) is 0 Å². The van der Waals surface area contributed by atoms with Crippen LogP contribution in [0.1, 0.15) is 38.2 Å². The molecule has 1 aromatic carbocycles. The largest absolute Gasteiger partial charge is 0.497 e. The number of methoxy groups -OCH3 is 1. The smallest absolute Gasteiger partial charge is 0.314 e. The predicted molar refractivity (Wildman–Crippen MR) is 96.6 cm³/mol. The van der Waals surface area contributed by atoms with Gasteiger partial charge in [0, 0.05) is 12.3 Å². The second-order valence-electron chi connectivity index (χ2n) is 7.94. The fourth-order valence-corrected chi connectivity index (χ4v) is 5.61. The van der Waals surface area contributed by atoms with Gasteiger partial charge in [-0.25, -0.2) is 0 Å². The Morgan fingerprint density at radius 3 is 2.41 bits per heavy atom. The Morgan fingerprint density at radius 1 is 1.15 bits per heavy atom. The Balaban J connectivity index is 1.80. The maximum absolute atomic E-state index is 13.5. The zero-order valence-electron chi connectivity index (χ0n) is 15.8. The van der Waals surface area contributed by atoms with Crippen molar-refractivity contribution in [3.63, 3.8) is 0 Å². The lowest BCUT2D eigenvalue weighted by molar-refractivity contribution is -0.236. The molecule has 1 aliphatic heterocycles. The monoisotopic (exact) mass is 374 g/mol. The van der Waals surface area contributed by atoms with Gasteiger partial charge in [-0.05, 0) is 42.9 Å². The van der Waals surface area contributed by atoms with Crippen molar-refractivity contribution in [2.45, 2.75) is 43.8 Å². The summed E-state index contributed by atoms with van der Waals surface area (Å²) in [6.07, 6.45) is 2.17. The molecule has 0 bridgehead atoms. The summed E-state index contributed by atoms with van der Waals surface area (Å²) in [5, 5.41) is 9.62. The molecule has 1 N–H and O–H groups in total. The Kier molecular flexibility index (Phi) is 4.51. The number of hydrogen-bond acceptors (Lipinski definition) is 5. The molecule has 0 aromatic heterocycles. The van der Waals surface area contributed by atoms with Gasteiger partial charge in [0.1, 0.15) is 11.7 Å². The summed E-state index contributed by atoms with van der Waals surface area (Å²) in [7, 11) is 1.60. The van der Waals surface area contributed by atoms with E-state index in [9.17, 15) is 14.7 Å². The SMILES string of the molecule is COc1ccc([C@]23CCC4(OCCO4)[C@@H](C)[C@@H]2CCC(C(=O)O)C3=O)cc1. The van der Waals surface area contributed by atoms with Gasteiger partial charge in [0.25, 0.3) is 0 Å². The van der Waals surface area contributed by atoms with Gasteiger partial charge >= 0.3 is 5.97 Å². The van der Waals surface area contributed by atoms with Crippen LogP contribution >= 0.6 is 0 Å². The molecule has 2 aliphatic carbocycles. The number of rotatable bonds is 3. The van der Waals surface area contributed by atoms with Gasteiger partial charge in [0.05, 0.1) is 25.7 Å². The number of ketones is 1. The summed E-state index contributed by atoms with van der Waals surface area (Å²) in [4.78, 5) is 25.3. The molecule has 146 valence electrons. The molecule has 1 aromatic rings.